The molecule has 2 aromatic rings. The molecule has 0 saturated carbocycles. The molecule has 106 valence electrons. The highest BCUT2D eigenvalue weighted by atomic mass is 19.1. The van der Waals surface area contributed by atoms with Crippen LogP contribution in [0, 0.1) is 5.82 Å². The molecular weight excluding hydrogens is 259 g/mol. The molecule has 0 bridgehead atoms. The largest absolute Gasteiger partial charge is 0.326 e. The number of anilines is 1. The number of halogens is 1. The van der Waals surface area contributed by atoms with E-state index in [-0.39, 0.29) is 18.1 Å². The van der Waals surface area contributed by atoms with Gasteiger partial charge in [0.15, 0.2) is 0 Å². The van der Waals surface area contributed by atoms with E-state index in [0.29, 0.717) is 23.2 Å². The molecule has 1 aromatic carbocycles. The van der Waals surface area contributed by atoms with Crippen LogP contribution in [0.15, 0.2) is 24.4 Å². The van der Waals surface area contributed by atoms with Crippen LogP contribution in [0.1, 0.15) is 28.5 Å². The second-order valence-corrected chi connectivity index (χ2v) is 4.49. The minimum absolute atomic E-state index is 0.137. The number of carbonyl (C=O) groups excluding carboxylic acids is 1. The van der Waals surface area contributed by atoms with Gasteiger partial charge in [-0.25, -0.2) is 4.39 Å². The molecule has 2 rings (SSSR count). The van der Waals surface area contributed by atoms with Crippen molar-refractivity contribution in [1.82, 2.24) is 9.78 Å². The first-order chi connectivity index (χ1) is 9.55. The lowest BCUT2D eigenvalue weighted by Crippen LogP contribution is -2.14. The van der Waals surface area contributed by atoms with E-state index in [4.69, 9.17) is 5.73 Å². The van der Waals surface area contributed by atoms with E-state index in [0.717, 1.165) is 0 Å². The lowest BCUT2D eigenvalue weighted by molar-refractivity contribution is 0.102. The normalized spacial score (nSPS) is 10.6. The molecule has 0 fully saturated rings. The SMILES string of the molecule is CCc1nn(C)cc1C(=O)Nc1ccc(CN)cc1F. The summed E-state index contributed by atoms with van der Waals surface area (Å²) in [6.07, 6.45) is 2.26. The molecule has 5 nitrogen and oxygen atoms in total. The Balaban J connectivity index is 2.23. The first-order valence-corrected chi connectivity index (χ1v) is 6.37. The Labute approximate surface area is 116 Å². The third-order valence-electron chi connectivity index (χ3n) is 3.00. The lowest BCUT2D eigenvalue weighted by atomic mass is 10.1. The fraction of sp³-hybridized carbons (Fsp3) is 0.286. The van der Waals surface area contributed by atoms with Crippen molar-refractivity contribution in [1.29, 1.82) is 0 Å². The number of nitrogens with zero attached hydrogens (tertiary/aromatic N) is 2. The summed E-state index contributed by atoms with van der Waals surface area (Å²) < 4.78 is 15.4. The van der Waals surface area contributed by atoms with E-state index in [1.807, 2.05) is 6.92 Å². The van der Waals surface area contributed by atoms with Crippen molar-refractivity contribution >= 4 is 11.6 Å². The quantitative estimate of drug-likeness (QED) is 0.894. The van der Waals surface area contributed by atoms with Gasteiger partial charge in [0.1, 0.15) is 5.82 Å². The topological polar surface area (TPSA) is 72.9 Å². The maximum Gasteiger partial charge on any atom is 0.259 e. The van der Waals surface area contributed by atoms with Crippen molar-refractivity contribution in [3.63, 3.8) is 0 Å². The van der Waals surface area contributed by atoms with Gasteiger partial charge < -0.3 is 11.1 Å². The zero-order valence-electron chi connectivity index (χ0n) is 11.5. The maximum atomic E-state index is 13.8. The van der Waals surface area contributed by atoms with Gasteiger partial charge in [-0.2, -0.15) is 5.10 Å². The monoisotopic (exact) mass is 276 g/mol. The van der Waals surface area contributed by atoms with Crippen LogP contribution in [0.5, 0.6) is 0 Å². The predicted octanol–water partition coefficient (Wildman–Crippen LogP) is 1.83. The summed E-state index contributed by atoms with van der Waals surface area (Å²) in [5, 5.41) is 6.74. The van der Waals surface area contributed by atoms with Crippen LogP contribution in [0.2, 0.25) is 0 Å². The smallest absolute Gasteiger partial charge is 0.259 e. The molecule has 6 heteroatoms. The highest BCUT2D eigenvalue weighted by Crippen LogP contribution is 2.17. The van der Waals surface area contributed by atoms with Gasteiger partial charge in [-0.1, -0.05) is 13.0 Å². The number of amides is 1. The minimum Gasteiger partial charge on any atom is -0.326 e. The zero-order chi connectivity index (χ0) is 14.7. The minimum atomic E-state index is -0.497. The Morgan fingerprint density at radius 2 is 2.25 bits per heavy atom. The predicted molar refractivity (Wildman–Crippen MR) is 74.8 cm³/mol. The number of hydrogen-bond donors (Lipinski definition) is 2. The highest BCUT2D eigenvalue weighted by Gasteiger charge is 2.16. The van der Waals surface area contributed by atoms with Gasteiger partial charge in [-0.15, -0.1) is 0 Å². The molecule has 1 heterocycles. The first-order valence-electron chi connectivity index (χ1n) is 6.37. The Bertz CT molecular complexity index is 636. The van der Waals surface area contributed by atoms with Gasteiger partial charge in [0.05, 0.1) is 16.9 Å². The van der Waals surface area contributed by atoms with Crippen molar-refractivity contribution in [2.24, 2.45) is 12.8 Å². The van der Waals surface area contributed by atoms with Crippen LogP contribution >= 0.6 is 0 Å². The van der Waals surface area contributed by atoms with E-state index in [1.54, 1.807) is 24.0 Å². The number of aromatic nitrogens is 2. The van der Waals surface area contributed by atoms with Crippen molar-refractivity contribution in [3.8, 4) is 0 Å². The van der Waals surface area contributed by atoms with Crippen LogP contribution in [-0.2, 0) is 20.0 Å². The summed E-state index contributed by atoms with van der Waals surface area (Å²) in [5.41, 5.74) is 7.39. The van der Waals surface area contributed by atoms with Crippen molar-refractivity contribution in [3.05, 3.63) is 47.0 Å². The van der Waals surface area contributed by atoms with Crippen LogP contribution < -0.4 is 11.1 Å². The Kier molecular flexibility index (Phi) is 4.14. The Morgan fingerprint density at radius 3 is 2.85 bits per heavy atom. The van der Waals surface area contributed by atoms with Crippen molar-refractivity contribution in [2.45, 2.75) is 19.9 Å². The van der Waals surface area contributed by atoms with Gasteiger partial charge in [-0.05, 0) is 24.1 Å². The fourth-order valence-corrected chi connectivity index (χ4v) is 1.96. The molecule has 0 aliphatic carbocycles. The van der Waals surface area contributed by atoms with E-state index in [1.165, 1.54) is 12.1 Å². The average Bonchev–Trinajstić information content (AvgIpc) is 2.82. The second kappa shape index (κ2) is 5.83. The van der Waals surface area contributed by atoms with Gasteiger partial charge >= 0.3 is 0 Å². The summed E-state index contributed by atoms with van der Waals surface area (Å²) >= 11 is 0. The fourth-order valence-electron chi connectivity index (χ4n) is 1.96. The standard InChI is InChI=1S/C14H17FN4O/c1-3-12-10(8-19(2)18-12)14(20)17-13-5-4-9(7-16)6-11(13)15/h4-6,8H,3,7,16H2,1-2H3,(H,17,20). The Hall–Kier alpha value is -2.21. The molecule has 0 unspecified atom stereocenters. The van der Waals surface area contributed by atoms with E-state index in [2.05, 4.69) is 10.4 Å². The maximum absolute atomic E-state index is 13.8. The molecule has 0 aliphatic rings. The van der Waals surface area contributed by atoms with Crippen LogP contribution in [0.3, 0.4) is 0 Å². The molecule has 0 aliphatic heterocycles. The summed E-state index contributed by atoms with van der Waals surface area (Å²) in [6, 6.07) is 4.51. The summed E-state index contributed by atoms with van der Waals surface area (Å²) in [7, 11) is 1.74. The summed E-state index contributed by atoms with van der Waals surface area (Å²) in [6.45, 7) is 2.17. The molecule has 3 N–H and O–H groups in total. The first kappa shape index (κ1) is 14.2. The van der Waals surface area contributed by atoms with E-state index >= 15 is 0 Å². The zero-order valence-corrected chi connectivity index (χ0v) is 11.5. The molecular formula is C14H17FN4O. The van der Waals surface area contributed by atoms with Crippen molar-refractivity contribution in [2.75, 3.05) is 5.32 Å². The molecule has 0 radical (unpaired) electrons. The van der Waals surface area contributed by atoms with Gasteiger partial charge in [0.25, 0.3) is 5.91 Å². The number of nitrogens with two attached hydrogens (primary N) is 1. The lowest BCUT2D eigenvalue weighted by Gasteiger charge is -2.07. The molecule has 0 saturated heterocycles. The number of benzene rings is 1. The molecule has 1 aromatic heterocycles. The number of carbonyl (C=O) groups is 1. The molecule has 0 atom stereocenters. The van der Waals surface area contributed by atoms with Gasteiger partial charge in [0.2, 0.25) is 0 Å². The van der Waals surface area contributed by atoms with Crippen LogP contribution in [-0.4, -0.2) is 15.7 Å². The van der Waals surface area contributed by atoms with Crippen LogP contribution in [0.25, 0.3) is 0 Å². The summed E-state index contributed by atoms with van der Waals surface area (Å²) in [5.74, 6) is -0.863. The molecule has 1 amide bonds. The number of aryl methyl sites for hydroxylation is 2. The van der Waals surface area contributed by atoms with Gasteiger partial charge in [-0.3, -0.25) is 9.48 Å². The second-order valence-electron chi connectivity index (χ2n) is 4.49. The molecule has 0 spiro atoms. The van der Waals surface area contributed by atoms with Crippen molar-refractivity contribution < 1.29 is 9.18 Å². The molecule has 20 heavy (non-hydrogen) atoms. The summed E-state index contributed by atoms with van der Waals surface area (Å²) in [4.78, 5) is 12.2. The van der Waals surface area contributed by atoms with Crippen LogP contribution in [0.4, 0.5) is 10.1 Å². The number of hydrogen-bond acceptors (Lipinski definition) is 3. The highest BCUT2D eigenvalue weighted by molar-refractivity contribution is 6.05. The Morgan fingerprint density at radius 1 is 1.50 bits per heavy atom. The van der Waals surface area contributed by atoms with E-state index < -0.39 is 5.82 Å². The number of nitrogens with one attached hydrogen (secondary N) is 1. The third kappa shape index (κ3) is 2.85. The third-order valence-corrected chi connectivity index (χ3v) is 3.00. The van der Waals surface area contributed by atoms with Gasteiger partial charge in [0, 0.05) is 19.8 Å². The average molecular weight is 276 g/mol. The number of rotatable bonds is 4. The van der Waals surface area contributed by atoms with E-state index in [9.17, 15) is 9.18 Å².